The summed E-state index contributed by atoms with van der Waals surface area (Å²) in [6.45, 7) is 2.27. The molecule has 0 radical (unpaired) electrons. The highest BCUT2D eigenvalue weighted by atomic mass is 19.1. The number of nitrogens with zero attached hydrogens (tertiary/aromatic N) is 5. The number of pyridine rings is 1. The van der Waals surface area contributed by atoms with Crippen molar-refractivity contribution in [1.82, 2.24) is 19.9 Å². The quantitative estimate of drug-likeness (QED) is 0.364. The molecule has 0 aliphatic rings. The number of alkyl halides is 1. The van der Waals surface area contributed by atoms with Gasteiger partial charge in [0.15, 0.2) is 0 Å². The molecule has 0 saturated carbocycles. The topological polar surface area (TPSA) is 139 Å². The van der Waals surface area contributed by atoms with Crippen molar-refractivity contribution in [2.75, 3.05) is 11.9 Å². The van der Waals surface area contributed by atoms with Gasteiger partial charge in [-0.05, 0) is 62.4 Å². The maximum atomic E-state index is 14.2. The Hall–Kier alpha value is -4.80. The first-order valence-electron chi connectivity index (χ1n) is 11.0. The van der Waals surface area contributed by atoms with Gasteiger partial charge in [-0.25, -0.2) is 8.91 Å². The molecule has 4 rings (SSSR count). The number of nitriles is 2. The van der Waals surface area contributed by atoms with Crippen LogP contribution in [0, 0.1) is 22.7 Å². The van der Waals surface area contributed by atoms with Gasteiger partial charge < -0.3 is 15.7 Å². The lowest BCUT2D eigenvalue weighted by Crippen LogP contribution is -2.42. The van der Waals surface area contributed by atoms with E-state index in [0.717, 1.165) is 0 Å². The zero-order valence-corrected chi connectivity index (χ0v) is 19.5. The largest absolute Gasteiger partial charge is 0.387 e. The van der Waals surface area contributed by atoms with Crippen LogP contribution in [0.15, 0.2) is 60.9 Å². The fourth-order valence-corrected chi connectivity index (χ4v) is 3.44. The van der Waals surface area contributed by atoms with Gasteiger partial charge in [-0.1, -0.05) is 0 Å². The van der Waals surface area contributed by atoms with E-state index in [-0.39, 0.29) is 12.1 Å². The number of carbonyl (C=O) groups is 1. The van der Waals surface area contributed by atoms with Crippen LogP contribution in [0.4, 0.5) is 15.8 Å². The molecule has 0 saturated heterocycles. The molecule has 1 amide bonds. The van der Waals surface area contributed by atoms with E-state index in [1.54, 1.807) is 53.0 Å². The molecule has 1 atom stereocenters. The van der Waals surface area contributed by atoms with Crippen LogP contribution in [0.1, 0.15) is 35.3 Å². The first-order valence-corrected chi connectivity index (χ1v) is 11.0. The molecule has 0 aliphatic carbocycles. The minimum atomic E-state index is -1.67. The SMILES string of the molecule is CC(C)(O)C(F)CNC(=O)c1cnc(-c2ccc3cc(C#N)cnn23)cc1Nc1ccc(C#N)cc1. The Morgan fingerprint density at radius 3 is 2.50 bits per heavy atom. The van der Waals surface area contributed by atoms with Crippen molar-refractivity contribution in [2.24, 2.45) is 0 Å². The molecule has 3 aromatic heterocycles. The minimum absolute atomic E-state index is 0.159. The van der Waals surface area contributed by atoms with Gasteiger partial charge in [0.05, 0.1) is 63.7 Å². The van der Waals surface area contributed by atoms with Crippen molar-refractivity contribution in [2.45, 2.75) is 25.6 Å². The molecule has 0 aliphatic heterocycles. The number of aliphatic hydroxyl groups is 1. The Balaban J connectivity index is 1.71. The third-order valence-corrected chi connectivity index (χ3v) is 5.54. The number of rotatable bonds is 7. The number of anilines is 2. The van der Waals surface area contributed by atoms with Crippen LogP contribution < -0.4 is 10.6 Å². The van der Waals surface area contributed by atoms with E-state index in [2.05, 4.69) is 32.9 Å². The summed E-state index contributed by atoms with van der Waals surface area (Å²) in [5.41, 5.74) is 2.32. The van der Waals surface area contributed by atoms with Crippen LogP contribution in [0.3, 0.4) is 0 Å². The summed E-state index contributed by atoms with van der Waals surface area (Å²) >= 11 is 0. The number of fused-ring (bicyclic) bond motifs is 1. The smallest absolute Gasteiger partial charge is 0.255 e. The average Bonchev–Trinajstić information content (AvgIpc) is 3.30. The van der Waals surface area contributed by atoms with Gasteiger partial charge in [0.1, 0.15) is 12.2 Å². The first kappa shape index (κ1) is 24.3. The molecule has 3 N–H and O–H groups in total. The highest BCUT2D eigenvalue weighted by molar-refractivity contribution is 6.00. The van der Waals surface area contributed by atoms with Crippen LogP contribution in [0.5, 0.6) is 0 Å². The van der Waals surface area contributed by atoms with Crippen LogP contribution >= 0.6 is 0 Å². The molecule has 4 aromatic rings. The number of hydrogen-bond donors (Lipinski definition) is 3. The Bertz CT molecular complexity index is 1510. The lowest BCUT2D eigenvalue weighted by atomic mass is 10.0. The molecular weight excluding hydrogens is 461 g/mol. The Morgan fingerprint density at radius 1 is 1.11 bits per heavy atom. The lowest BCUT2D eigenvalue weighted by Gasteiger charge is -2.22. The van der Waals surface area contributed by atoms with Crippen LogP contribution in [-0.2, 0) is 0 Å². The van der Waals surface area contributed by atoms with Crippen molar-refractivity contribution in [1.29, 1.82) is 10.5 Å². The second-order valence-corrected chi connectivity index (χ2v) is 8.67. The van der Waals surface area contributed by atoms with E-state index >= 15 is 0 Å². The maximum Gasteiger partial charge on any atom is 0.255 e. The number of carbonyl (C=O) groups excluding carboxylic acids is 1. The van der Waals surface area contributed by atoms with E-state index in [1.165, 1.54) is 26.2 Å². The molecule has 3 heterocycles. The van der Waals surface area contributed by atoms with Gasteiger partial charge in [-0.2, -0.15) is 15.6 Å². The third-order valence-electron chi connectivity index (χ3n) is 5.54. The molecule has 36 heavy (non-hydrogen) atoms. The summed E-state index contributed by atoms with van der Waals surface area (Å²) in [7, 11) is 0. The van der Waals surface area contributed by atoms with Crippen molar-refractivity contribution in [3.05, 3.63) is 77.6 Å². The van der Waals surface area contributed by atoms with Crippen molar-refractivity contribution in [3.8, 4) is 23.5 Å². The zero-order valence-electron chi connectivity index (χ0n) is 19.5. The van der Waals surface area contributed by atoms with Gasteiger partial charge >= 0.3 is 0 Å². The molecular formula is C26H22FN7O2. The van der Waals surface area contributed by atoms with Crippen LogP contribution in [-0.4, -0.2) is 43.9 Å². The van der Waals surface area contributed by atoms with E-state index in [1.807, 2.05) is 0 Å². The highest BCUT2D eigenvalue weighted by Gasteiger charge is 2.27. The van der Waals surface area contributed by atoms with Crippen molar-refractivity contribution >= 4 is 22.8 Å². The second kappa shape index (κ2) is 9.82. The van der Waals surface area contributed by atoms with Crippen molar-refractivity contribution < 1.29 is 14.3 Å². The van der Waals surface area contributed by atoms with Gasteiger partial charge in [0.2, 0.25) is 0 Å². The second-order valence-electron chi connectivity index (χ2n) is 8.67. The summed E-state index contributed by atoms with van der Waals surface area (Å²) < 4.78 is 15.8. The van der Waals surface area contributed by atoms with Gasteiger partial charge in [0.25, 0.3) is 5.91 Å². The Labute approximate surface area is 206 Å². The molecule has 1 aromatic carbocycles. The average molecular weight is 484 g/mol. The molecule has 0 fully saturated rings. The van der Waals surface area contributed by atoms with Crippen LogP contribution in [0.2, 0.25) is 0 Å². The monoisotopic (exact) mass is 483 g/mol. The Kier molecular flexibility index (Phi) is 6.64. The number of hydrogen-bond acceptors (Lipinski definition) is 7. The standard InChI is InChI=1S/C26H22FN7O2/c1-26(2,36)24(27)15-31-25(35)20-14-30-22(10-21(20)33-18-5-3-16(11-28)4-6-18)23-8-7-19-9-17(12-29)13-32-34(19)23/h3-10,13-14,24,36H,15H2,1-2H3,(H,30,33)(H,31,35). The number of nitrogens with one attached hydrogen (secondary N) is 2. The normalized spacial score (nSPS) is 11.9. The first-order chi connectivity index (χ1) is 17.2. The number of benzene rings is 1. The van der Waals surface area contributed by atoms with Gasteiger partial charge in [0, 0.05) is 11.9 Å². The fraction of sp³-hybridized carbons (Fsp3) is 0.192. The van der Waals surface area contributed by atoms with E-state index in [4.69, 9.17) is 10.5 Å². The predicted molar refractivity (Wildman–Crippen MR) is 131 cm³/mol. The number of amides is 1. The summed E-state index contributed by atoms with van der Waals surface area (Å²) in [4.78, 5) is 17.4. The van der Waals surface area contributed by atoms with E-state index < -0.39 is 17.7 Å². The third kappa shape index (κ3) is 5.14. The maximum absolute atomic E-state index is 14.2. The van der Waals surface area contributed by atoms with E-state index in [9.17, 15) is 14.3 Å². The molecule has 180 valence electrons. The van der Waals surface area contributed by atoms with Gasteiger partial charge in [-0.15, -0.1) is 0 Å². The summed E-state index contributed by atoms with van der Waals surface area (Å²) in [5.74, 6) is -0.575. The predicted octanol–water partition coefficient (Wildman–Crippen LogP) is 3.72. The minimum Gasteiger partial charge on any atom is -0.387 e. The highest BCUT2D eigenvalue weighted by Crippen LogP contribution is 2.28. The number of aromatic nitrogens is 3. The van der Waals surface area contributed by atoms with Crippen molar-refractivity contribution in [3.63, 3.8) is 0 Å². The summed E-state index contributed by atoms with van der Waals surface area (Å²) in [6.07, 6.45) is 1.15. The van der Waals surface area contributed by atoms with Crippen LogP contribution in [0.25, 0.3) is 16.9 Å². The molecule has 1 unspecified atom stereocenters. The molecule has 0 bridgehead atoms. The lowest BCUT2D eigenvalue weighted by molar-refractivity contribution is -0.00177. The molecule has 0 spiro atoms. The van der Waals surface area contributed by atoms with Gasteiger partial charge in [-0.3, -0.25) is 9.78 Å². The Morgan fingerprint density at radius 2 is 1.83 bits per heavy atom. The summed E-state index contributed by atoms with van der Waals surface area (Å²) in [5, 5.41) is 38.0. The zero-order chi connectivity index (χ0) is 25.9. The van der Waals surface area contributed by atoms with E-state index in [0.29, 0.717) is 39.4 Å². The fourth-order valence-electron chi connectivity index (χ4n) is 3.44. The summed E-state index contributed by atoms with van der Waals surface area (Å²) in [6, 6.07) is 17.7. The number of halogens is 1. The molecule has 9 nitrogen and oxygen atoms in total. The molecule has 10 heteroatoms.